The van der Waals surface area contributed by atoms with Crippen LogP contribution in [0.2, 0.25) is 0 Å². The van der Waals surface area contributed by atoms with E-state index in [0.29, 0.717) is 11.4 Å². The third-order valence-electron chi connectivity index (χ3n) is 4.31. The molecule has 7 nitrogen and oxygen atoms in total. The van der Waals surface area contributed by atoms with Gasteiger partial charge in [-0.1, -0.05) is 32.9 Å². The van der Waals surface area contributed by atoms with E-state index in [-0.39, 0.29) is 23.0 Å². The molecule has 0 aliphatic rings. The normalized spacial score (nSPS) is 12.6. The summed E-state index contributed by atoms with van der Waals surface area (Å²) in [7, 11) is -3.48. The van der Waals surface area contributed by atoms with Gasteiger partial charge >= 0.3 is 0 Å². The van der Waals surface area contributed by atoms with Crippen LogP contribution in [0.5, 0.6) is 0 Å². The smallest absolute Gasteiger partial charge is 0.247 e. The first-order valence-corrected chi connectivity index (χ1v) is 10.9. The number of hydrogen-bond acceptors (Lipinski definition) is 6. The average molecular weight is 405 g/mol. The van der Waals surface area contributed by atoms with E-state index in [1.807, 2.05) is 24.3 Å². The quantitative estimate of drug-likeness (QED) is 0.718. The average Bonchev–Trinajstić information content (AvgIpc) is 2.59. The van der Waals surface area contributed by atoms with Crippen molar-refractivity contribution in [3.8, 4) is 0 Å². The summed E-state index contributed by atoms with van der Waals surface area (Å²) in [4.78, 5) is 20.5. The molecule has 1 amide bonds. The van der Waals surface area contributed by atoms with E-state index in [1.54, 1.807) is 19.9 Å². The summed E-state index contributed by atoms with van der Waals surface area (Å²) < 4.78 is 23.1. The molecule has 0 unspecified atom stereocenters. The lowest BCUT2D eigenvalue weighted by Crippen LogP contribution is -2.49. The number of rotatable bonds is 6. The standard InChI is InChI=1S/C20H28N4O3S/c1-19(2,3)14-7-9-15(10-8-14)23-17(25)20(4,5)22-13-16-11-12-21-18(24-16)28(6,26)27/h7-12,22H,13H2,1-6H3,(H,23,25). The molecule has 28 heavy (non-hydrogen) atoms. The topological polar surface area (TPSA) is 101 Å². The Balaban J connectivity index is 2.03. The molecule has 2 N–H and O–H groups in total. The largest absolute Gasteiger partial charge is 0.325 e. The molecule has 2 aromatic rings. The molecule has 0 saturated carbocycles. The number of hydrogen-bond donors (Lipinski definition) is 2. The van der Waals surface area contributed by atoms with Crippen molar-refractivity contribution in [2.24, 2.45) is 0 Å². The van der Waals surface area contributed by atoms with E-state index in [0.717, 1.165) is 6.26 Å². The van der Waals surface area contributed by atoms with Crippen molar-refractivity contribution in [1.82, 2.24) is 15.3 Å². The molecule has 0 aliphatic carbocycles. The van der Waals surface area contributed by atoms with Crippen LogP contribution < -0.4 is 10.6 Å². The van der Waals surface area contributed by atoms with Crippen LogP contribution in [-0.2, 0) is 26.6 Å². The highest BCUT2D eigenvalue weighted by atomic mass is 32.2. The minimum absolute atomic E-state index is 0.0473. The van der Waals surface area contributed by atoms with Crippen LogP contribution in [0.1, 0.15) is 45.9 Å². The molecule has 0 spiro atoms. The molecule has 1 aromatic carbocycles. The molecular weight excluding hydrogens is 376 g/mol. The molecule has 0 saturated heterocycles. The maximum atomic E-state index is 12.7. The zero-order valence-corrected chi connectivity index (χ0v) is 18.0. The number of anilines is 1. The van der Waals surface area contributed by atoms with Crippen molar-refractivity contribution in [3.05, 3.63) is 47.8 Å². The lowest BCUT2D eigenvalue weighted by Gasteiger charge is -2.25. The van der Waals surface area contributed by atoms with Gasteiger partial charge < -0.3 is 5.32 Å². The SMILES string of the molecule is CC(C)(NCc1ccnc(S(C)(=O)=O)n1)C(=O)Nc1ccc(C(C)(C)C)cc1. The molecular formula is C20H28N4O3S. The highest BCUT2D eigenvalue weighted by Crippen LogP contribution is 2.23. The molecule has 0 radical (unpaired) electrons. The van der Waals surface area contributed by atoms with E-state index in [2.05, 4.69) is 41.4 Å². The Morgan fingerprint density at radius 3 is 2.18 bits per heavy atom. The van der Waals surface area contributed by atoms with Crippen molar-refractivity contribution < 1.29 is 13.2 Å². The summed E-state index contributed by atoms with van der Waals surface area (Å²) in [6.45, 7) is 10.1. The van der Waals surface area contributed by atoms with Crippen molar-refractivity contribution in [2.45, 2.75) is 57.3 Å². The summed E-state index contributed by atoms with van der Waals surface area (Å²) in [6, 6.07) is 9.39. The van der Waals surface area contributed by atoms with Crippen molar-refractivity contribution in [1.29, 1.82) is 0 Å². The van der Waals surface area contributed by atoms with Crippen molar-refractivity contribution in [2.75, 3.05) is 11.6 Å². The van der Waals surface area contributed by atoms with Gasteiger partial charge in [-0.25, -0.2) is 18.4 Å². The first-order valence-electron chi connectivity index (χ1n) is 8.98. The van der Waals surface area contributed by atoms with Gasteiger partial charge in [0.1, 0.15) is 0 Å². The van der Waals surface area contributed by atoms with Crippen LogP contribution in [0.4, 0.5) is 5.69 Å². The fourth-order valence-electron chi connectivity index (χ4n) is 2.39. The summed E-state index contributed by atoms with van der Waals surface area (Å²) in [5.74, 6) is -0.201. The fourth-order valence-corrected chi connectivity index (χ4v) is 2.92. The second-order valence-corrected chi connectivity index (χ2v) is 10.3. The molecule has 1 aromatic heterocycles. The summed E-state index contributed by atoms with van der Waals surface area (Å²) >= 11 is 0. The molecule has 0 aliphatic heterocycles. The molecule has 2 rings (SSSR count). The molecule has 1 heterocycles. The number of nitrogens with one attached hydrogen (secondary N) is 2. The predicted molar refractivity (Wildman–Crippen MR) is 110 cm³/mol. The third kappa shape index (κ3) is 5.84. The molecule has 152 valence electrons. The van der Waals surface area contributed by atoms with Gasteiger partial charge in [0.15, 0.2) is 0 Å². The van der Waals surface area contributed by atoms with E-state index in [4.69, 9.17) is 0 Å². The van der Waals surface area contributed by atoms with Gasteiger partial charge in [0.25, 0.3) is 0 Å². The van der Waals surface area contributed by atoms with Gasteiger partial charge in [0.2, 0.25) is 20.9 Å². The summed E-state index contributed by atoms with van der Waals surface area (Å²) in [5, 5.41) is 5.79. The molecule has 8 heteroatoms. The van der Waals surface area contributed by atoms with Crippen molar-refractivity contribution in [3.63, 3.8) is 0 Å². The Morgan fingerprint density at radius 2 is 1.64 bits per heavy atom. The number of nitrogens with zero attached hydrogens (tertiary/aromatic N) is 2. The zero-order valence-electron chi connectivity index (χ0n) is 17.2. The maximum Gasteiger partial charge on any atom is 0.247 e. The van der Waals surface area contributed by atoms with Crippen molar-refractivity contribution >= 4 is 21.4 Å². The van der Waals surface area contributed by atoms with E-state index < -0.39 is 15.4 Å². The van der Waals surface area contributed by atoms with Crippen LogP contribution in [-0.4, -0.2) is 36.1 Å². The molecule has 0 bridgehead atoms. The summed E-state index contributed by atoms with van der Waals surface area (Å²) in [5.41, 5.74) is 1.55. The Hall–Kier alpha value is -2.32. The monoisotopic (exact) mass is 404 g/mol. The number of carbonyl (C=O) groups is 1. The second kappa shape index (κ2) is 7.97. The van der Waals surface area contributed by atoms with Gasteiger partial charge in [-0.05, 0) is 43.0 Å². The van der Waals surface area contributed by atoms with Gasteiger partial charge in [0, 0.05) is 24.7 Å². The van der Waals surface area contributed by atoms with E-state index in [9.17, 15) is 13.2 Å². The van der Waals surface area contributed by atoms with Gasteiger partial charge in [-0.3, -0.25) is 10.1 Å². The van der Waals surface area contributed by atoms with Gasteiger partial charge in [0.05, 0.1) is 11.2 Å². The summed E-state index contributed by atoms with van der Waals surface area (Å²) in [6.07, 6.45) is 2.45. The van der Waals surface area contributed by atoms with Crippen LogP contribution in [0, 0.1) is 0 Å². The Labute approximate surface area is 166 Å². The van der Waals surface area contributed by atoms with Crippen LogP contribution >= 0.6 is 0 Å². The second-order valence-electron chi connectivity index (χ2n) is 8.36. The number of benzene rings is 1. The lowest BCUT2D eigenvalue weighted by atomic mass is 9.87. The van der Waals surface area contributed by atoms with Crippen LogP contribution in [0.3, 0.4) is 0 Å². The third-order valence-corrected chi connectivity index (χ3v) is 5.17. The Bertz CT molecular complexity index is 946. The Morgan fingerprint density at radius 1 is 1.04 bits per heavy atom. The number of sulfone groups is 1. The Kier molecular flexibility index (Phi) is 6.25. The highest BCUT2D eigenvalue weighted by Gasteiger charge is 2.27. The lowest BCUT2D eigenvalue weighted by molar-refractivity contribution is -0.121. The minimum atomic E-state index is -3.48. The van der Waals surface area contributed by atoms with Crippen LogP contribution in [0.15, 0.2) is 41.7 Å². The molecule has 0 fully saturated rings. The van der Waals surface area contributed by atoms with Crippen LogP contribution in [0.25, 0.3) is 0 Å². The van der Waals surface area contributed by atoms with E-state index in [1.165, 1.54) is 11.8 Å². The maximum absolute atomic E-state index is 12.7. The molecule has 0 atom stereocenters. The minimum Gasteiger partial charge on any atom is -0.325 e. The number of aromatic nitrogens is 2. The fraction of sp³-hybridized carbons (Fsp3) is 0.450. The number of carbonyl (C=O) groups excluding carboxylic acids is 1. The van der Waals surface area contributed by atoms with Gasteiger partial charge in [-0.15, -0.1) is 0 Å². The first kappa shape index (κ1) is 22.0. The predicted octanol–water partition coefficient (Wildman–Crippen LogP) is 2.68. The highest BCUT2D eigenvalue weighted by molar-refractivity contribution is 7.90. The zero-order chi connectivity index (χ0) is 21.2. The van der Waals surface area contributed by atoms with E-state index >= 15 is 0 Å². The van der Waals surface area contributed by atoms with Gasteiger partial charge in [-0.2, -0.15) is 0 Å². The number of amides is 1. The first-order chi connectivity index (χ1) is 12.8.